The molecule has 2 aromatic rings. The molecule has 3 rings (SSSR count). The Bertz CT molecular complexity index is 798. The van der Waals surface area contributed by atoms with Crippen molar-refractivity contribution in [3.05, 3.63) is 66.2 Å². The molecule has 0 aliphatic carbocycles. The zero-order chi connectivity index (χ0) is 18.1. The van der Waals surface area contributed by atoms with Gasteiger partial charge in [-0.1, -0.05) is 66.1 Å². The summed E-state index contributed by atoms with van der Waals surface area (Å²) in [5, 5.41) is 0. The van der Waals surface area contributed by atoms with E-state index in [1.165, 1.54) is 4.49 Å². The van der Waals surface area contributed by atoms with Crippen molar-refractivity contribution < 1.29 is 18.3 Å². The third-order valence-corrected chi connectivity index (χ3v) is 4.59. The normalized spacial score (nSPS) is 27.4. The topological polar surface area (TPSA) is 32.5 Å². The quantitative estimate of drug-likeness (QED) is 0.630. The molecule has 0 amide bonds. The molecule has 1 aliphatic heterocycles. The predicted molar refractivity (Wildman–Crippen MR) is 97.6 cm³/mol. The van der Waals surface area contributed by atoms with Gasteiger partial charge in [0.15, 0.2) is 11.9 Å². The van der Waals surface area contributed by atoms with Gasteiger partial charge in [0, 0.05) is 6.42 Å². The van der Waals surface area contributed by atoms with Gasteiger partial charge in [0.05, 0.1) is 14.1 Å². The minimum atomic E-state index is -3.14. The summed E-state index contributed by atoms with van der Waals surface area (Å²) in [4.78, 5) is 14.5. The fourth-order valence-corrected chi connectivity index (χ4v) is 3.34. The van der Waals surface area contributed by atoms with E-state index in [1.807, 2.05) is 36.4 Å². The number of halogens is 1. The maximum atomic E-state index is 16.0. The lowest BCUT2D eigenvalue weighted by atomic mass is 9.66. The number of benzene rings is 2. The summed E-state index contributed by atoms with van der Waals surface area (Å²) in [7, 11) is 3.60. The van der Waals surface area contributed by atoms with Crippen molar-refractivity contribution in [2.24, 2.45) is 0 Å². The molecule has 0 radical (unpaired) electrons. The Morgan fingerprint density at radius 3 is 2.24 bits per heavy atom. The summed E-state index contributed by atoms with van der Waals surface area (Å²) in [5.41, 5.74) is 0.175. The predicted octanol–water partition coefficient (Wildman–Crippen LogP) is 1.96. The number of carbonyl (C=O) groups is 1. The van der Waals surface area contributed by atoms with Gasteiger partial charge in [0.2, 0.25) is 0 Å². The SMILES string of the molecule is CN(C)/C=[N+]1\[B@@-](F)(c2ccccc2)OC(=O)[C@@]1(C)Cc1ccccc1. The smallest absolute Gasteiger partial charge is 0.568 e. The van der Waals surface area contributed by atoms with Gasteiger partial charge in [-0.2, -0.15) is 0 Å². The molecule has 4 nitrogen and oxygen atoms in total. The molecule has 6 heteroatoms. The molecule has 1 aliphatic rings. The van der Waals surface area contributed by atoms with E-state index in [2.05, 4.69) is 0 Å². The third kappa shape index (κ3) is 3.04. The van der Waals surface area contributed by atoms with Crippen LogP contribution in [0.3, 0.4) is 0 Å². The molecule has 25 heavy (non-hydrogen) atoms. The number of carbonyl (C=O) groups excluding carboxylic acids is 1. The minimum Gasteiger partial charge on any atom is -0.619 e. The summed E-state index contributed by atoms with van der Waals surface area (Å²) in [6.45, 7) is -1.41. The van der Waals surface area contributed by atoms with Crippen LogP contribution in [0.15, 0.2) is 60.7 Å². The molecular weight excluding hydrogens is 318 g/mol. The van der Waals surface area contributed by atoms with Crippen molar-refractivity contribution in [1.29, 1.82) is 0 Å². The average Bonchev–Trinajstić information content (AvgIpc) is 2.78. The van der Waals surface area contributed by atoms with Crippen molar-refractivity contribution in [1.82, 2.24) is 4.90 Å². The van der Waals surface area contributed by atoms with Crippen LogP contribution in [0.2, 0.25) is 0 Å². The number of nitrogens with zero attached hydrogens (tertiary/aromatic N) is 2. The van der Waals surface area contributed by atoms with E-state index in [-0.39, 0.29) is 0 Å². The largest absolute Gasteiger partial charge is 0.619 e. The van der Waals surface area contributed by atoms with Crippen molar-refractivity contribution >= 4 is 24.5 Å². The number of rotatable bonds is 4. The van der Waals surface area contributed by atoms with Crippen molar-refractivity contribution in [3.8, 4) is 0 Å². The first-order chi connectivity index (χ1) is 11.9. The van der Waals surface area contributed by atoms with Crippen LogP contribution < -0.4 is 5.46 Å². The van der Waals surface area contributed by atoms with E-state index >= 15 is 4.32 Å². The lowest BCUT2D eigenvalue weighted by molar-refractivity contribution is -0.474. The zero-order valence-corrected chi connectivity index (χ0v) is 14.7. The van der Waals surface area contributed by atoms with Gasteiger partial charge in [-0.05, 0) is 12.5 Å². The Kier molecular flexibility index (Phi) is 4.37. The molecule has 2 aromatic carbocycles. The van der Waals surface area contributed by atoms with Crippen LogP contribution in [0.4, 0.5) is 4.32 Å². The Morgan fingerprint density at radius 2 is 1.68 bits per heavy atom. The Hall–Kier alpha value is -2.63. The summed E-state index contributed by atoms with van der Waals surface area (Å²) >= 11 is 0. The highest BCUT2D eigenvalue weighted by Gasteiger charge is 2.59. The fourth-order valence-electron chi connectivity index (χ4n) is 3.34. The van der Waals surface area contributed by atoms with Crippen LogP contribution in [-0.2, 0) is 15.9 Å². The maximum absolute atomic E-state index is 16.0. The van der Waals surface area contributed by atoms with Crippen LogP contribution >= 0.6 is 0 Å². The van der Waals surface area contributed by atoms with Gasteiger partial charge in [-0.25, -0.2) is 0 Å². The van der Waals surface area contributed by atoms with Gasteiger partial charge < -0.3 is 13.5 Å². The van der Waals surface area contributed by atoms with Crippen LogP contribution in [0, 0.1) is 0 Å². The average molecular weight is 340 g/mol. The van der Waals surface area contributed by atoms with Crippen molar-refractivity contribution in [2.75, 3.05) is 14.1 Å². The molecule has 2 atom stereocenters. The first kappa shape index (κ1) is 17.2. The summed E-state index contributed by atoms with van der Waals surface area (Å²) in [6, 6.07) is 18.2. The van der Waals surface area contributed by atoms with Gasteiger partial charge in [-0.3, -0.25) is 9.69 Å². The van der Waals surface area contributed by atoms with Crippen LogP contribution in [-0.4, -0.2) is 48.1 Å². The van der Waals surface area contributed by atoms with Crippen molar-refractivity contribution in [2.45, 2.75) is 18.9 Å². The molecule has 0 saturated carbocycles. The second-order valence-corrected chi connectivity index (χ2v) is 6.89. The summed E-state index contributed by atoms with van der Waals surface area (Å²) in [6.07, 6.45) is 1.97. The van der Waals surface area contributed by atoms with Gasteiger partial charge in [-0.15, -0.1) is 0 Å². The molecule has 0 unspecified atom stereocenters. The van der Waals surface area contributed by atoms with Crippen molar-refractivity contribution in [3.63, 3.8) is 0 Å². The van der Waals surface area contributed by atoms with Crippen LogP contribution in [0.5, 0.6) is 0 Å². The highest BCUT2D eigenvalue weighted by molar-refractivity contribution is 6.76. The number of hydrogen-bond donors (Lipinski definition) is 0. The van der Waals surface area contributed by atoms with E-state index in [9.17, 15) is 4.79 Å². The second kappa shape index (κ2) is 6.35. The Balaban J connectivity index is 2.11. The lowest BCUT2D eigenvalue weighted by Gasteiger charge is -2.31. The van der Waals surface area contributed by atoms with Gasteiger partial charge in [0.25, 0.3) is 0 Å². The van der Waals surface area contributed by atoms with Gasteiger partial charge in [0.1, 0.15) is 0 Å². The highest BCUT2D eigenvalue weighted by Crippen LogP contribution is 2.32. The first-order valence-corrected chi connectivity index (χ1v) is 8.32. The molecule has 0 aromatic heterocycles. The molecular formula is C19H22BFN2O2. The summed E-state index contributed by atoms with van der Waals surface area (Å²) in [5.74, 6) is -0.555. The van der Waals surface area contributed by atoms with E-state index < -0.39 is 18.3 Å². The van der Waals surface area contributed by atoms with Crippen LogP contribution in [0.1, 0.15) is 12.5 Å². The third-order valence-electron chi connectivity index (χ3n) is 4.59. The molecule has 1 fully saturated rings. The Labute approximate surface area is 147 Å². The van der Waals surface area contributed by atoms with E-state index in [0.717, 1.165) is 5.56 Å². The molecule has 1 heterocycles. The second-order valence-electron chi connectivity index (χ2n) is 6.89. The standard InChI is InChI=1S/C19H22BFN2O2/c1-19(14-16-10-6-4-7-11-16)18(24)25-20(21,23(19)15-22(2)3)17-12-8-5-9-13-17/h4-13,15H,14H2,1-3H3/b23-15-/t19-,20+/m1/s1. The van der Waals surface area contributed by atoms with E-state index in [1.54, 1.807) is 56.5 Å². The Morgan fingerprint density at radius 1 is 1.12 bits per heavy atom. The highest BCUT2D eigenvalue weighted by atomic mass is 19.1. The first-order valence-electron chi connectivity index (χ1n) is 8.32. The summed E-state index contributed by atoms with van der Waals surface area (Å²) < 4.78 is 22.8. The monoisotopic (exact) mass is 340 g/mol. The van der Waals surface area contributed by atoms with Crippen LogP contribution in [0.25, 0.3) is 0 Å². The molecule has 1 saturated heterocycles. The molecule has 130 valence electrons. The minimum absolute atomic E-state index is 0.353. The maximum Gasteiger partial charge on any atom is 0.568 e. The number of hydrogen-bond acceptors (Lipinski definition) is 2. The van der Waals surface area contributed by atoms with E-state index in [4.69, 9.17) is 4.65 Å². The molecule has 0 bridgehead atoms. The lowest BCUT2D eigenvalue weighted by Crippen LogP contribution is -2.58. The molecule has 0 N–H and O–H groups in total. The molecule has 0 spiro atoms. The zero-order valence-electron chi connectivity index (χ0n) is 14.7. The fraction of sp³-hybridized carbons (Fsp3) is 0.263. The van der Waals surface area contributed by atoms with E-state index in [0.29, 0.717) is 11.9 Å². The van der Waals surface area contributed by atoms with Gasteiger partial charge >= 0.3 is 12.7 Å².